The lowest BCUT2D eigenvalue weighted by molar-refractivity contribution is -0.135. The fraction of sp³-hybridized carbons (Fsp3) is 0.375. The number of hydrogen-bond donors (Lipinski definition) is 2. The van der Waals surface area contributed by atoms with Crippen molar-refractivity contribution in [1.82, 2.24) is 15.5 Å². The SMILES string of the molecule is CCCc1ccc(C2(C)NC(=O)N(CC(=O)NC(C)c3ccccc3OC)C2=O)cc1. The van der Waals surface area contributed by atoms with E-state index in [4.69, 9.17) is 4.74 Å². The van der Waals surface area contributed by atoms with Gasteiger partial charge in [-0.05, 0) is 37.5 Å². The average Bonchev–Trinajstić information content (AvgIpc) is 2.98. The Balaban J connectivity index is 1.70. The molecule has 1 saturated heterocycles. The van der Waals surface area contributed by atoms with Crippen LogP contribution in [0.25, 0.3) is 0 Å². The van der Waals surface area contributed by atoms with Gasteiger partial charge in [0.15, 0.2) is 0 Å². The molecule has 0 spiro atoms. The molecule has 1 aliphatic rings. The Hall–Kier alpha value is -3.35. The molecule has 2 atom stereocenters. The fourth-order valence-electron chi connectivity index (χ4n) is 3.86. The quantitative estimate of drug-likeness (QED) is 0.638. The van der Waals surface area contributed by atoms with Crippen LogP contribution in [0.5, 0.6) is 5.75 Å². The predicted octanol–water partition coefficient (Wildman–Crippen LogP) is 3.29. The van der Waals surface area contributed by atoms with Crippen LogP contribution in [0.3, 0.4) is 0 Å². The van der Waals surface area contributed by atoms with Gasteiger partial charge >= 0.3 is 6.03 Å². The number of para-hydroxylation sites is 1. The topological polar surface area (TPSA) is 87.7 Å². The Morgan fingerprint density at radius 1 is 1.16 bits per heavy atom. The molecule has 7 nitrogen and oxygen atoms in total. The summed E-state index contributed by atoms with van der Waals surface area (Å²) < 4.78 is 5.34. The van der Waals surface area contributed by atoms with Crippen molar-refractivity contribution in [3.63, 3.8) is 0 Å². The number of nitrogens with zero attached hydrogens (tertiary/aromatic N) is 1. The van der Waals surface area contributed by atoms with E-state index in [1.54, 1.807) is 14.0 Å². The Labute approximate surface area is 182 Å². The Bertz CT molecular complexity index is 973. The Morgan fingerprint density at radius 3 is 2.48 bits per heavy atom. The second kappa shape index (κ2) is 9.20. The van der Waals surface area contributed by atoms with Crippen molar-refractivity contribution in [1.29, 1.82) is 0 Å². The Morgan fingerprint density at radius 2 is 1.84 bits per heavy atom. The van der Waals surface area contributed by atoms with Crippen molar-refractivity contribution < 1.29 is 19.1 Å². The number of aryl methyl sites for hydroxylation is 1. The van der Waals surface area contributed by atoms with Crippen LogP contribution in [-0.4, -0.2) is 36.4 Å². The summed E-state index contributed by atoms with van der Waals surface area (Å²) >= 11 is 0. The van der Waals surface area contributed by atoms with Crippen molar-refractivity contribution in [3.05, 3.63) is 65.2 Å². The largest absolute Gasteiger partial charge is 0.496 e. The summed E-state index contributed by atoms with van der Waals surface area (Å²) in [7, 11) is 1.57. The highest BCUT2D eigenvalue weighted by Crippen LogP contribution is 2.29. The van der Waals surface area contributed by atoms with E-state index in [0.717, 1.165) is 23.3 Å². The van der Waals surface area contributed by atoms with Gasteiger partial charge in [0.25, 0.3) is 5.91 Å². The lowest BCUT2D eigenvalue weighted by Gasteiger charge is -2.23. The number of hydrogen-bond acceptors (Lipinski definition) is 4. The highest BCUT2D eigenvalue weighted by molar-refractivity contribution is 6.09. The smallest absolute Gasteiger partial charge is 0.325 e. The lowest BCUT2D eigenvalue weighted by Crippen LogP contribution is -2.43. The van der Waals surface area contributed by atoms with Crippen LogP contribution in [0, 0.1) is 0 Å². The van der Waals surface area contributed by atoms with Crippen molar-refractivity contribution in [2.75, 3.05) is 13.7 Å². The van der Waals surface area contributed by atoms with Gasteiger partial charge in [-0.25, -0.2) is 4.79 Å². The maximum Gasteiger partial charge on any atom is 0.325 e. The van der Waals surface area contributed by atoms with Gasteiger partial charge < -0.3 is 15.4 Å². The van der Waals surface area contributed by atoms with E-state index in [2.05, 4.69) is 17.6 Å². The van der Waals surface area contributed by atoms with Gasteiger partial charge in [-0.1, -0.05) is 55.8 Å². The summed E-state index contributed by atoms with van der Waals surface area (Å²) in [5, 5.41) is 5.58. The second-order valence-electron chi connectivity index (χ2n) is 7.92. The molecule has 3 rings (SSSR count). The third kappa shape index (κ3) is 4.55. The van der Waals surface area contributed by atoms with Crippen molar-refractivity contribution in [2.24, 2.45) is 0 Å². The molecule has 1 heterocycles. The van der Waals surface area contributed by atoms with Crippen LogP contribution in [0.1, 0.15) is 49.9 Å². The monoisotopic (exact) mass is 423 g/mol. The minimum Gasteiger partial charge on any atom is -0.496 e. The number of amides is 4. The van der Waals surface area contributed by atoms with E-state index in [9.17, 15) is 14.4 Å². The molecule has 164 valence electrons. The first-order valence-electron chi connectivity index (χ1n) is 10.5. The summed E-state index contributed by atoms with van der Waals surface area (Å²) in [6, 6.07) is 14.1. The molecule has 0 aromatic heterocycles. The molecule has 2 unspecified atom stereocenters. The number of methoxy groups -OCH3 is 1. The first-order chi connectivity index (χ1) is 14.8. The van der Waals surface area contributed by atoms with Crippen LogP contribution in [0.2, 0.25) is 0 Å². The fourth-order valence-corrected chi connectivity index (χ4v) is 3.86. The standard InChI is InChI=1S/C24H29N3O4/c1-5-8-17-11-13-18(14-12-17)24(3)22(29)27(23(30)26-24)15-21(28)25-16(2)19-9-6-7-10-20(19)31-4/h6-7,9-14,16H,5,8,15H2,1-4H3,(H,25,28)(H,26,30). The summed E-state index contributed by atoms with van der Waals surface area (Å²) in [5.74, 6) is -0.213. The number of carbonyl (C=O) groups is 3. The summed E-state index contributed by atoms with van der Waals surface area (Å²) in [6.45, 7) is 5.24. The number of imide groups is 1. The molecule has 2 aromatic carbocycles. The van der Waals surface area contributed by atoms with Crippen molar-refractivity contribution >= 4 is 17.8 Å². The predicted molar refractivity (Wildman–Crippen MR) is 118 cm³/mol. The molecule has 7 heteroatoms. The molecule has 31 heavy (non-hydrogen) atoms. The maximum absolute atomic E-state index is 13.1. The molecule has 2 aromatic rings. The molecule has 0 saturated carbocycles. The second-order valence-corrected chi connectivity index (χ2v) is 7.92. The normalized spacial score (nSPS) is 19.2. The highest BCUT2D eigenvalue weighted by Gasteiger charge is 2.49. The van der Waals surface area contributed by atoms with Crippen molar-refractivity contribution in [3.8, 4) is 5.75 Å². The maximum atomic E-state index is 13.1. The van der Waals surface area contributed by atoms with Crippen LogP contribution in [-0.2, 0) is 21.5 Å². The van der Waals surface area contributed by atoms with E-state index in [0.29, 0.717) is 11.3 Å². The van der Waals surface area contributed by atoms with Crippen LogP contribution in [0.15, 0.2) is 48.5 Å². The van der Waals surface area contributed by atoms with E-state index in [-0.39, 0.29) is 12.6 Å². The van der Waals surface area contributed by atoms with Gasteiger partial charge in [0.2, 0.25) is 5.91 Å². The zero-order chi connectivity index (χ0) is 22.6. The van der Waals surface area contributed by atoms with Gasteiger partial charge in [0.1, 0.15) is 17.8 Å². The summed E-state index contributed by atoms with van der Waals surface area (Å²) in [4.78, 5) is 39.2. The molecule has 2 N–H and O–H groups in total. The third-order valence-electron chi connectivity index (χ3n) is 5.63. The zero-order valence-corrected chi connectivity index (χ0v) is 18.4. The van der Waals surface area contributed by atoms with Crippen LogP contribution < -0.4 is 15.4 Å². The molecule has 1 aliphatic heterocycles. The first kappa shape index (κ1) is 22.3. The van der Waals surface area contributed by atoms with Gasteiger partial charge in [0.05, 0.1) is 13.2 Å². The zero-order valence-electron chi connectivity index (χ0n) is 18.4. The van der Waals surface area contributed by atoms with Gasteiger partial charge in [0, 0.05) is 5.56 Å². The third-order valence-corrected chi connectivity index (χ3v) is 5.63. The van der Waals surface area contributed by atoms with Crippen LogP contribution in [0.4, 0.5) is 4.79 Å². The van der Waals surface area contributed by atoms with E-state index < -0.39 is 23.4 Å². The van der Waals surface area contributed by atoms with E-state index in [1.165, 1.54) is 5.56 Å². The summed E-state index contributed by atoms with van der Waals surface area (Å²) in [5.41, 5.74) is 1.48. The lowest BCUT2D eigenvalue weighted by atomic mass is 9.91. The number of urea groups is 1. The van der Waals surface area contributed by atoms with Gasteiger partial charge in [-0.15, -0.1) is 0 Å². The van der Waals surface area contributed by atoms with Gasteiger partial charge in [-0.2, -0.15) is 0 Å². The van der Waals surface area contributed by atoms with E-state index >= 15 is 0 Å². The molecule has 0 radical (unpaired) electrons. The number of carbonyl (C=O) groups excluding carboxylic acids is 3. The van der Waals surface area contributed by atoms with Gasteiger partial charge in [-0.3, -0.25) is 14.5 Å². The number of benzene rings is 2. The number of ether oxygens (including phenoxy) is 1. The number of rotatable bonds is 8. The molecule has 0 bridgehead atoms. The summed E-state index contributed by atoms with van der Waals surface area (Å²) in [6.07, 6.45) is 1.98. The molecule has 0 aliphatic carbocycles. The molecule has 1 fully saturated rings. The molecular formula is C24H29N3O4. The number of nitrogens with one attached hydrogen (secondary N) is 2. The molecule has 4 amide bonds. The first-order valence-corrected chi connectivity index (χ1v) is 10.5. The minimum atomic E-state index is -1.20. The average molecular weight is 424 g/mol. The van der Waals surface area contributed by atoms with E-state index in [1.807, 2.05) is 55.5 Å². The van der Waals surface area contributed by atoms with Crippen molar-refractivity contribution in [2.45, 2.75) is 45.2 Å². The minimum absolute atomic E-state index is 0.345. The Kier molecular flexibility index (Phi) is 6.63. The molecular weight excluding hydrogens is 394 g/mol. The van der Waals surface area contributed by atoms with Crippen LogP contribution >= 0.6 is 0 Å². The highest BCUT2D eigenvalue weighted by atomic mass is 16.5.